The molecule has 0 unspecified atom stereocenters. The molecule has 8 nitrogen and oxygen atoms in total. The minimum Gasteiger partial charge on any atom is -0.494 e. The molecule has 0 radical (unpaired) electrons. The molecule has 0 aliphatic carbocycles. The molecule has 1 aliphatic rings. The van der Waals surface area contributed by atoms with Crippen LogP contribution in [-0.4, -0.2) is 64.0 Å². The minimum absolute atomic E-state index is 0. The van der Waals surface area contributed by atoms with E-state index in [2.05, 4.69) is 18.7 Å². The van der Waals surface area contributed by atoms with E-state index in [9.17, 15) is 13.2 Å². The molecule has 0 fully saturated rings. The molecule has 3 aromatic carbocycles. The molecule has 41 heavy (non-hydrogen) atoms. The summed E-state index contributed by atoms with van der Waals surface area (Å²) in [6.07, 6.45) is 1.62. The molecule has 0 saturated heterocycles. The smallest absolute Gasteiger partial charge is 0.264 e. The predicted octanol–water partition coefficient (Wildman–Crippen LogP) is 5.86. The third-order valence-electron chi connectivity index (χ3n) is 7.36. The molecule has 0 bridgehead atoms. The summed E-state index contributed by atoms with van der Waals surface area (Å²) < 4.78 is 35.1. The third kappa shape index (κ3) is 6.21. The number of anilines is 2. The number of para-hydroxylation sites is 2. The van der Waals surface area contributed by atoms with Gasteiger partial charge in [-0.05, 0) is 74.0 Å². The largest absolute Gasteiger partial charge is 0.494 e. The number of halogens is 1. The summed E-state index contributed by atoms with van der Waals surface area (Å²) in [5.41, 5.74) is 2.88. The van der Waals surface area contributed by atoms with Crippen molar-refractivity contribution in [3.63, 3.8) is 0 Å². The predicted molar refractivity (Wildman–Crippen MR) is 169 cm³/mol. The molecule has 0 N–H and O–H groups in total. The zero-order valence-corrected chi connectivity index (χ0v) is 25.9. The van der Waals surface area contributed by atoms with Gasteiger partial charge >= 0.3 is 0 Å². The number of aromatic nitrogens is 1. The van der Waals surface area contributed by atoms with Gasteiger partial charge in [-0.3, -0.25) is 14.0 Å². The first-order valence-corrected chi connectivity index (χ1v) is 15.8. The maximum atomic E-state index is 13.9. The Morgan fingerprint density at radius 1 is 1.00 bits per heavy atom. The molecule has 1 amide bonds. The zero-order chi connectivity index (χ0) is 28.3. The van der Waals surface area contributed by atoms with Gasteiger partial charge in [-0.2, -0.15) is 0 Å². The van der Waals surface area contributed by atoms with E-state index in [0.29, 0.717) is 41.6 Å². The molecule has 0 spiro atoms. The van der Waals surface area contributed by atoms with Crippen molar-refractivity contribution in [3.8, 4) is 5.75 Å². The van der Waals surface area contributed by atoms with Crippen LogP contribution in [0.4, 0.5) is 10.8 Å². The summed E-state index contributed by atoms with van der Waals surface area (Å²) in [6.45, 7) is 7.51. The number of hydrogen-bond donors (Lipinski definition) is 0. The molecule has 0 atom stereocenters. The summed E-state index contributed by atoms with van der Waals surface area (Å²) >= 11 is 1.44. The van der Waals surface area contributed by atoms with Crippen LogP contribution in [0.15, 0.2) is 71.6 Å². The van der Waals surface area contributed by atoms with Gasteiger partial charge < -0.3 is 9.64 Å². The molecular weight excluding hydrogens is 580 g/mol. The van der Waals surface area contributed by atoms with Crippen molar-refractivity contribution >= 4 is 60.7 Å². The quantitative estimate of drug-likeness (QED) is 0.223. The van der Waals surface area contributed by atoms with Crippen LogP contribution < -0.4 is 13.9 Å². The standard InChI is InChI=1S/C30H34N4O4S2.ClH/c1-4-32(5-2)20-21-33(30-31-28-26(38-3)13-8-14-27(28)39-30)29(35)23-15-17-24(18-16-23)40(36,37)34-19-9-11-22-10-6-7-12-25(22)34;/h6-8,10,12-18H,4-5,9,11,19-21H2,1-3H3;1H. The fourth-order valence-electron chi connectivity index (χ4n) is 5.06. The highest BCUT2D eigenvalue weighted by Gasteiger charge is 2.29. The molecular formula is C30H35ClN4O4S2. The second kappa shape index (κ2) is 13.2. The van der Waals surface area contributed by atoms with E-state index in [1.807, 2.05) is 42.5 Å². The van der Waals surface area contributed by atoms with Gasteiger partial charge in [0.15, 0.2) is 5.13 Å². The number of likely N-dealkylation sites (N-methyl/N-ethyl adjacent to an activating group) is 1. The maximum Gasteiger partial charge on any atom is 0.264 e. The first-order valence-electron chi connectivity index (χ1n) is 13.6. The van der Waals surface area contributed by atoms with E-state index >= 15 is 0 Å². The van der Waals surface area contributed by atoms with Crippen molar-refractivity contribution in [1.29, 1.82) is 0 Å². The fraction of sp³-hybridized carbons (Fsp3) is 0.333. The number of benzene rings is 3. The highest BCUT2D eigenvalue weighted by Crippen LogP contribution is 2.35. The molecule has 0 saturated carbocycles. The first-order chi connectivity index (χ1) is 19.4. The Labute approximate surface area is 252 Å². The van der Waals surface area contributed by atoms with Crippen LogP contribution in [0.2, 0.25) is 0 Å². The average Bonchev–Trinajstić information content (AvgIpc) is 3.43. The zero-order valence-electron chi connectivity index (χ0n) is 23.4. The van der Waals surface area contributed by atoms with E-state index < -0.39 is 10.0 Å². The van der Waals surface area contributed by atoms with Gasteiger partial charge in [0, 0.05) is 25.2 Å². The second-order valence-electron chi connectivity index (χ2n) is 9.62. The molecule has 5 rings (SSSR count). The van der Waals surface area contributed by atoms with Crippen LogP contribution in [0.3, 0.4) is 0 Å². The lowest BCUT2D eigenvalue weighted by molar-refractivity contribution is 0.0983. The van der Waals surface area contributed by atoms with Gasteiger partial charge in [-0.15, -0.1) is 12.4 Å². The Hall–Kier alpha value is -3.18. The normalized spacial score (nSPS) is 13.1. The van der Waals surface area contributed by atoms with Crippen LogP contribution in [0.5, 0.6) is 5.75 Å². The molecule has 218 valence electrons. The van der Waals surface area contributed by atoms with Crippen LogP contribution >= 0.6 is 23.7 Å². The highest BCUT2D eigenvalue weighted by molar-refractivity contribution is 7.92. The van der Waals surface area contributed by atoms with Crippen LogP contribution in [0.1, 0.15) is 36.2 Å². The van der Waals surface area contributed by atoms with Gasteiger partial charge in [0.1, 0.15) is 11.3 Å². The second-order valence-corrected chi connectivity index (χ2v) is 12.5. The summed E-state index contributed by atoms with van der Waals surface area (Å²) in [4.78, 5) is 22.8. The van der Waals surface area contributed by atoms with Crippen LogP contribution in [-0.2, 0) is 16.4 Å². The van der Waals surface area contributed by atoms with Crippen molar-refractivity contribution in [2.24, 2.45) is 0 Å². The van der Waals surface area contributed by atoms with Gasteiger partial charge in [0.05, 0.1) is 22.4 Å². The summed E-state index contributed by atoms with van der Waals surface area (Å²) in [7, 11) is -2.16. The van der Waals surface area contributed by atoms with Gasteiger partial charge in [-0.25, -0.2) is 13.4 Å². The molecule has 4 aromatic rings. The van der Waals surface area contributed by atoms with Crippen LogP contribution in [0.25, 0.3) is 10.2 Å². The Bertz CT molecular complexity index is 1600. The monoisotopic (exact) mass is 614 g/mol. The highest BCUT2D eigenvalue weighted by atomic mass is 35.5. The number of sulfonamides is 1. The van der Waals surface area contributed by atoms with E-state index in [1.165, 1.54) is 27.8 Å². The fourth-order valence-corrected chi connectivity index (χ4v) is 7.61. The Morgan fingerprint density at radius 3 is 2.44 bits per heavy atom. The van der Waals surface area contributed by atoms with Crippen LogP contribution in [0, 0.1) is 0 Å². The lowest BCUT2D eigenvalue weighted by atomic mass is 10.0. The molecule has 1 aliphatic heterocycles. The van der Waals surface area contributed by atoms with E-state index in [-0.39, 0.29) is 23.2 Å². The number of hydrogen-bond acceptors (Lipinski definition) is 7. The third-order valence-corrected chi connectivity index (χ3v) is 10.2. The number of nitrogens with zero attached hydrogens (tertiary/aromatic N) is 4. The number of aryl methyl sites for hydroxylation is 1. The Morgan fingerprint density at radius 2 is 1.73 bits per heavy atom. The minimum atomic E-state index is -3.77. The van der Waals surface area contributed by atoms with E-state index in [1.54, 1.807) is 24.1 Å². The van der Waals surface area contributed by atoms with E-state index in [0.717, 1.165) is 41.9 Å². The van der Waals surface area contributed by atoms with Crippen molar-refractivity contribution < 1.29 is 17.9 Å². The Kier molecular flexibility index (Phi) is 9.91. The molecule has 11 heteroatoms. The number of rotatable bonds is 10. The number of carbonyl (C=O) groups excluding carboxylic acids is 1. The number of fused-ring (bicyclic) bond motifs is 2. The maximum absolute atomic E-state index is 13.9. The van der Waals surface area contributed by atoms with Gasteiger partial charge in [0.2, 0.25) is 0 Å². The lowest BCUT2D eigenvalue weighted by Crippen LogP contribution is -2.39. The summed E-state index contributed by atoms with van der Waals surface area (Å²) in [5.74, 6) is 0.433. The lowest BCUT2D eigenvalue weighted by Gasteiger charge is -2.30. The number of ether oxygens (including phenoxy) is 1. The van der Waals surface area contributed by atoms with Gasteiger partial charge in [0.25, 0.3) is 15.9 Å². The van der Waals surface area contributed by atoms with Crippen molar-refractivity contribution in [3.05, 3.63) is 77.9 Å². The summed E-state index contributed by atoms with van der Waals surface area (Å²) in [5, 5.41) is 0.582. The van der Waals surface area contributed by atoms with Crippen molar-refractivity contribution in [2.75, 3.05) is 49.0 Å². The van der Waals surface area contributed by atoms with Crippen molar-refractivity contribution in [2.45, 2.75) is 31.6 Å². The van der Waals surface area contributed by atoms with Gasteiger partial charge in [-0.1, -0.05) is 49.4 Å². The SMILES string of the molecule is CCN(CC)CCN(C(=O)c1ccc(S(=O)(=O)N2CCCc3ccccc32)cc1)c1nc2c(OC)cccc2s1.Cl. The number of methoxy groups -OCH3 is 1. The molecule has 1 aromatic heterocycles. The first kappa shape index (κ1) is 30.8. The Balaban J connectivity index is 0.00000387. The number of carbonyl (C=O) groups is 1. The topological polar surface area (TPSA) is 83.1 Å². The van der Waals surface area contributed by atoms with E-state index in [4.69, 9.17) is 9.72 Å². The number of amides is 1. The molecule has 2 heterocycles. The number of thiazole rings is 1. The average molecular weight is 615 g/mol. The van der Waals surface area contributed by atoms with Crippen molar-refractivity contribution in [1.82, 2.24) is 9.88 Å². The summed E-state index contributed by atoms with van der Waals surface area (Å²) in [6, 6.07) is 19.6.